The SMILES string of the molecule is Cc1cc2ncn(-c3ccc(CCN)cc3Cl)c2cc1C. The smallest absolute Gasteiger partial charge is 0.100 e. The molecule has 0 atom stereocenters. The molecule has 0 saturated carbocycles. The lowest BCUT2D eigenvalue weighted by Crippen LogP contribution is -2.03. The lowest BCUT2D eigenvalue weighted by molar-refractivity contribution is 0.966. The molecule has 0 aliphatic rings. The van der Waals surface area contributed by atoms with Crippen LogP contribution < -0.4 is 5.73 Å². The molecular weight excluding hydrogens is 282 g/mol. The Labute approximate surface area is 129 Å². The summed E-state index contributed by atoms with van der Waals surface area (Å²) in [5.74, 6) is 0. The van der Waals surface area contributed by atoms with Gasteiger partial charge in [0.05, 0.1) is 21.7 Å². The molecule has 0 fully saturated rings. The summed E-state index contributed by atoms with van der Waals surface area (Å²) in [6.45, 7) is 4.84. The zero-order valence-electron chi connectivity index (χ0n) is 12.2. The van der Waals surface area contributed by atoms with Crippen molar-refractivity contribution in [2.75, 3.05) is 6.54 Å². The molecule has 0 aliphatic carbocycles. The molecule has 21 heavy (non-hydrogen) atoms. The normalized spacial score (nSPS) is 11.2. The molecule has 2 aromatic carbocycles. The lowest BCUT2D eigenvalue weighted by atomic mass is 10.1. The number of benzene rings is 2. The Kier molecular flexibility index (Phi) is 3.70. The highest BCUT2D eigenvalue weighted by atomic mass is 35.5. The highest BCUT2D eigenvalue weighted by Crippen LogP contribution is 2.27. The van der Waals surface area contributed by atoms with Crippen LogP contribution in [0.3, 0.4) is 0 Å². The van der Waals surface area contributed by atoms with E-state index in [1.54, 1.807) is 0 Å². The Morgan fingerprint density at radius 2 is 1.90 bits per heavy atom. The Balaban J connectivity index is 2.14. The quantitative estimate of drug-likeness (QED) is 0.799. The van der Waals surface area contributed by atoms with Gasteiger partial charge in [-0.1, -0.05) is 17.7 Å². The summed E-state index contributed by atoms with van der Waals surface area (Å²) >= 11 is 6.44. The number of nitrogens with two attached hydrogens (primary N) is 1. The van der Waals surface area contributed by atoms with E-state index in [0.717, 1.165) is 33.7 Å². The second-order valence-corrected chi connectivity index (χ2v) is 5.77. The van der Waals surface area contributed by atoms with Gasteiger partial charge in [-0.25, -0.2) is 4.98 Å². The third-order valence-corrected chi connectivity index (χ3v) is 4.17. The van der Waals surface area contributed by atoms with Crippen molar-refractivity contribution in [3.63, 3.8) is 0 Å². The summed E-state index contributed by atoms with van der Waals surface area (Å²) in [5, 5.41) is 0.721. The van der Waals surface area contributed by atoms with E-state index in [1.807, 2.05) is 23.0 Å². The van der Waals surface area contributed by atoms with Crippen molar-refractivity contribution < 1.29 is 0 Å². The second kappa shape index (κ2) is 5.51. The number of hydrogen-bond acceptors (Lipinski definition) is 2. The lowest BCUT2D eigenvalue weighted by Gasteiger charge is -2.09. The molecule has 1 heterocycles. The van der Waals surface area contributed by atoms with Crippen molar-refractivity contribution in [3.8, 4) is 5.69 Å². The third kappa shape index (κ3) is 2.55. The highest BCUT2D eigenvalue weighted by molar-refractivity contribution is 6.32. The number of nitrogens with zero attached hydrogens (tertiary/aromatic N) is 2. The van der Waals surface area contributed by atoms with Crippen LogP contribution >= 0.6 is 11.6 Å². The van der Waals surface area contributed by atoms with Gasteiger partial charge in [-0.3, -0.25) is 4.57 Å². The Hall–Kier alpha value is -1.84. The number of fused-ring (bicyclic) bond motifs is 1. The van der Waals surface area contributed by atoms with Crippen LogP contribution in [0.4, 0.5) is 0 Å². The fourth-order valence-corrected chi connectivity index (χ4v) is 2.82. The van der Waals surface area contributed by atoms with Gasteiger partial charge in [0.1, 0.15) is 6.33 Å². The van der Waals surface area contributed by atoms with Crippen LogP contribution in [0.2, 0.25) is 5.02 Å². The van der Waals surface area contributed by atoms with Gasteiger partial charge in [0.25, 0.3) is 0 Å². The largest absolute Gasteiger partial charge is 0.330 e. The van der Waals surface area contributed by atoms with Crippen LogP contribution in [0.25, 0.3) is 16.7 Å². The van der Waals surface area contributed by atoms with Gasteiger partial charge in [0.2, 0.25) is 0 Å². The Bertz CT molecular complexity index is 805. The first-order chi connectivity index (χ1) is 10.1. The molecule has 0 radical (unpaired) electrons. The minimum atomic E-state index is 0.627. The molecular formula is C17H18ClN3. The third-order valence-electron chi connectivity index (χ3n) is 3.87. The first kappa shape index (κ1) is 14.1. The number of aromatic nitrogens is 2. The Morgan fingerprint density at radius 3 is 2.62 bits per heavy atom. The van der Waals surface area contributed by atoms with E-state index in [2.05, 4.69) is 37.0 Å². The number of aryl methyl sites for hydroxylation is 2. The summed E-state index contributed by atoms with van der Waals surface area (Å²) in [6, 6.07) is 10.3. The maximum absolute atomic E-state index is 6.44. The molecule has 108 valence electrons. The minimum Gasteiger partial charge on any atom is -0.330 e. The average Bonchev–Trinajstić information content (AvgIpc) is 2.83. The minimum absolute atomic E-state index is 0.627. The van der Waals surface area contributed by atoms with E-state index in [-0.39, 0.29) is 0 Å². The Morgan fingerprint density at radius 1 is 1.14 bits per heavy atom. The van der Waals surface area contributed by atoms with Gasteiger partial charge < -0.3 is 5.73 Å². The summed E-state index contributed by atoms with van der Waals surface area (Å²) in [7, 11) is 0. The molecule has 0 bridgehead atoms. The van der Waals surface area contributed by atoms with E-state index >= 15 is 0 Å². The molecule has 1 aromatic heterocycles. The monoisotopic (exact) mass is 299 g/mol. The van der Waals surface area contributed by atoms with Gasteiger partial charge >= 0.3 is 0 Å². The first-order valence-corrected chi connectivity index (χ1v) is 7.41. The van der Waals surface area contributed by atoms with Crippen LogP contribution in [0, 0.1) is 13.8 Å². The van der Waals surface area contributed by atoms with Crippen molar-refractivity contribution in [3.05, 3.63) is 58.4 Å². The van der Waals surface area contributed by atoms with E-state index in [4.69, 9.17) is 17.3 Å². The van der Waals surface area contributed by atoms with Crippen LogP contribution in [0.15, 0.2) is 36.7 Å². The van der Waals surface area contributed by atoms with E-state index in [1.165, 1.54) is 11.1 Å². The molecule has 0 saturated heterocycles. The standard InChI is InChI=1S/C17H18ClN3/c1-11-7-15-17(8-12(11)2)21(10-20-15)16-4-3-13(5-6-19)9-14(16)18/h3-4,7-10H,5-6,19H2,1-2H3. The van der Waals surface area contributed by atoms with E-state index in [9.17, 15) is 0 Å². The van der Waals surface area contributed by atoms with Crippen LogP contribution in [0.5, 0.6) is 0 Å². The molecule has 0 unspecified atom stereocenters. The zero-order chi connectivity index (χ0) is 15.0. The van der Waals surface area contributed by atoms with Crippen molar-refractivity contribution in [1.82, 2.24) is 9.55 Å². The van der Waals surface area contributed by atoms with Gasteiger partial charge in [-0.15, -0.1) is 0 Å². The molecule has 3 nitrogen and oxygen atoms in total. The summed E-state index contributed by atoms with van der Waals surface area (Å²) in [6.07, 6.45) is 2.66. The fraction of sp³-hybridized carbons (Fsp3) is 0.235. The number of imidazole rings is 1. The maximum Gasteiger partial charge on any atom is 0.100 e. The van der Waals surface area contributed by atoms with Gasteiger partial charge in [0, 0.05) is 0 Å². The van der Waals surface area contributed by atoms with Crippen LogP contribution in [-0.2, 0) is 6.42 Å². The number of rotatable bonds is 3. The van der Waals surface area contributed by atoms with Crippen molar-refractivity contribution in [2.24, 2.45) is 5.73 Å². The van der Waals surface area contributed by atoms with E-state index in [0.29, 0.717) is 6.54 Å². The van der Waals surface area contributed by atoms with E-state index < -0.39 is 0 Å². The summed E-state index contributed by atoms with van der Waals surface area (Å²) < 4.78 is 2.04. The molecule has 3 aromatic rings. The predicted octanol–water partition coefficient (Wildman–Crippen LogP) is 3.80. The maximum atomic E-state index is 6.44. The van der Waals surface area contributed by atoms with Crippen molar-refractivity contribution >= 4 is 22.6 Å². The molecule has 0 spiro atoms. The number of hydrogen-bond donors (Lipinski definition) is 1. The number of halogens is 1. The predicted molar refractivity (Wildman–Crippen MR) is 88.3 cm³/mol. The van der Waals surface area contributed by atoms with Gasteiger partial charge in [-0.2, -0.15) is 0 Å². The zero-order valence-corrected chi connectivity index (χ0v) is 13.0. The topological polar surface area (TPSA) is 43.8 Å². The second-order valence-electron chi connectivity index (χ2n) is 5.36. The van der Waals surface area contributed by atoms with Crippen molar-refractivity contribution in [1.29, 1.82) is 0 Å². The summed E-state index contributed by atoms with van der Waals surface area (Å²) in [5.41, 5.74) is 12.3. The van der Waals surface area contributed by atoms with Crippen LogP contribution in [0.1, 0.15) is 16.7 Å². The molecule has 3 rings (SSSR count). The summed E-state index contributed by atoms with van der Waals surface area (Å²) in [4.78, 5) is 4.48. The van der Waals surface area contributed by atoms with Gasteiger partial charge in [-0.05, 0) is 67.8 Å². The average molecular weight is 300 g/mol. The van der Waals surface area contributed by atoms with Crippen molar-refractivity contribution in [2.45, 2.75) is 20.3 Å². The molecule has 4 heteroatoms. The van der Waals surface area contributed by atoms with Gasteiger partial charge in [0.15, 0.2) is 0 Å². The van der Waals surface area contributed by atoms with Crippen LogP contribution in [-0.4, -0.2) is 16.1 Å². The fourth-order valence-electron chi connectivity index (χ4n) is 2.52. The molecule has 0 amide bonds. The molecule has 2 N–H and O–H groups in total. The highest BCUT2D eigenvalue weighted by Gasteiger charge is 2.10. The first-order valence-electron chi connectivity index (χ1n) is 7.03. The molecule has 0 aliphatic heterocycles.